The predicted octanol–water partition coefficient (Wildman–Crippen LogP) is 3.26. The maximum absolute atomic E-state index is 13.1. The molecule has 0 aliphatic heterocycles. The van der Waals surface area contributed by atoms with E-state index in [2.05, 4.69) is 15.8 Å². The SMILES string of the molecule is Cc1nc(-c2ccccc2)sc1C(=O)NNC(=O)Cc1cccc(F)c1. The lowest BCUT2D eigenvalue weighted by Gasteiger charge is -2.06. The number of nitrogens with one attached hydrogen (secondary N) is 2. The highest BCUT2D eigenvalue weighted by atomic mass is 32.1. The van der Waals surface area contributed by atoms with E-state index in [-0.39, 0.29) is 6.42 Å². The van der Waals surface area contributed by atoms with Gasteiger partial charge in [0.15, 0.2) is 0 Å². The molecule has 5 nitrogen and oxygen atoms in total. The van der Waals surface area contributed by atoms with Crippen molar-refractivity contribution in [2.24, 2.45) is 0 Å². The number of rotatable bonds is 4. The van der Waals surface area contributed by atoms with Gasteiger partial charge in [0.2, 0.25) is 5.91 Å². The van der Waals surface area contributed by atoms with Crippen LogP contribution in [0.5, 0.6) is 0 Å². The normalized spacial score (nSPS) is 10.4. The fourth-order valence-electron chi connectivity index (χ4n) is 2.37. The lowest BCUT2D eigenvalue weighted by atomic mass is 10.1. The largest absolute Gasteiger partial charge is 0.281 e. The highest BCUT2D eigenvalue weighted by Crippen LogP contribution is 2.27. The second-order valence-electron chi connectivity index (χ2n) is 5.61. The number of thiazole rings is 1. The predicted molar refractivity (Wildman–Crippen MR) is 98.0 cm³/mol. The highest BCUT2D eigenvalue weighted by molar-refractivity contribution is 7.17. The van der Waals surface area contributed by atoms with Gasteiger partial charge in [-0.3, -0.25) is 20.4 Å². The lowest BCUT2D eigenvalue weighted by molar-refractivity contribution is -0.121. The third-order valence-electron chi connectivity index (χ3n) is 3.59. The van der Waals surface area contributed by atoms with Gasteiger partial charge in [0.1, 0.15) is 15.7 Å². The van der Waals surface area contributed by atoms with Crippen molar-refractivity contribution >= 4 is 23.2 Å². The minimum absolute atomic E-state index is 0.0328. The van der Waals surface area contributed by atoms with Gasteiger partial charge in [0.05, 0.1) is 12.1 Å². The van der Waals surface area contributed by atoms with Crippen LogP contribution in [0.4, 0.5) is 4.39 Å². The number of benzene rings is 2. The summed E-state index contributed by atoms with van der Waals surface area (Å²) in [5.41, 5.74) is 6.76. The van der Waals surface area contributed by atoms with Crippen molar-refractivity contribution in [2.75, 3.05) is 0 Å². The zero-order valence-electron chi connectivity index (χ0n) is 14.0. The van der Waals surface area contributed by atoms with Gasteiger partial charge in [-0.2, -0.15) is 0 Å². The van der Waals surface area contributed by atoms with Gasteiger partial charge in [-0.25, -0.2) is 9.37 Å². The molecule has 2 aromatic carbocycles. The lowest BCUT2D eigenvalue weighted by Crippen LogP contribution is -2.42. The Morgan fingerprint density at radius 2 is 1.85 bits per heavy atom. The van der Waals surface area contributed by atoms with Gasteiger partial charge in [0.25, 0.3) is 5.91 Å². The van der Waals surface area contributed by atoms with E-state index < -0.39 is 17.6 Å². The molecule has 0 aliphatic carbocycles. The van der Waals surface area contributed by atoms with E-state index >= 15 is 0 Å². The third kappa shape index (κ3) is 4.31. The first-order valence-electron chi connectivity index (χ1n) is 7.89. The van der Waals surface area contributed by atoms with Gasteiger partial charge in [-0.1, -0.05) is 42.5 Å². The van der Waals surface area contributed by atoms with Crippen molar-refractivity contribution in [1.29, 1.82) is 0 Å². The fourth-order valence-corrected chi connectivity index (χ4v) is 3.34. The molecular formula is C19H16FN3O2S. The van der Waals surface area contributed by atoms with Crippen LogP contribution < -0.4 is 10.9 Å². The van der Waals surface area contributed by atoms with Crippen molar-refractivity contribution in [1.82, 2.24) is 15.8 Å². The molecular weight excluding hydrogens is 353 g/mol. The summed E-state index contributed by atoms with van der Waals surface area (Å²) in [6.07, 6.45) is -0.0328. The molecule has 0 bridgehead atoms. The Bertz CT molecular complexity index is 941. The van der Waals surface area contributed by atoms with E-state index in [0.29, 0.717) is 16.1 Å². The summed E-state index contributed by atoms with van der Waals surface area (Å²) in [6.45, 7) is 1.74. The van der Waals surface area contributed by atoms with Gasteiger partial charge < -0.3 is 0 Å². The van der Waals surface area contributed by atoms with Crippen LogP contribution in [0.3, 0.4) is 0 Å². The number of halogens is 1. The van der Waals surface area contributed by atoms with Gasteiger partial charge in [-0.05, 0) is 24.6 Å². The van der Waals surface area contributed by atoms with E-state index in [9.17, 15) is 14.0 Å². The zero-order chi connectivity index (χ0) is 18.5. The van der Waals surface area contributed by atoms with E-state index in [4.69, 9.17) is 0 Å². The maximum atomic E-state index is 13.1. The monoisotopic (exact) mass is 369 g/mol. The smallest absolute Gasteiger partial charge is 0.273 e. The number of aryl methyl sites for hydroxylation is 1. The van der Waals surface area contributed by atoms with Gasteiger partial charge in [0, 0.05) is 5.56 Å². The molecule has 132 valence electrons. The summed E-state index contributed by atoms with van der Waals surface area (Å²) < 4.78 is 13.1. The van der Waals surface area contributed by atoms with Crippen molar-refractivity contribution in [3.8, 4) is 10.6 Å². The van der Waals surface area contributed by atoms with E-state index in [0.717, 1.165) is 10.6 Å². The molecule has 0 saturated heterocycles. The molecule has 26 heavy (non-hydrogen) atoms. The Labute approximate surface area is 153 Å². The highest BCUT2D eigenvalue weighted by Gasteiger charge is 2.16. The number of carbonyl (C=O) groups excluding carboxylic acids is 2. The van der Waals surface area contributed by atoms with E-state index in [1.807, 2.05) is 30.3 Å². The Morgan fingerprint density at radius 1 is 1.08 bits per heavy atom. The van der Waals surface area contributed by atoms with Gasteiger partial charge >= 0.3 is 0 Å². The van der Waals surface area contributed by atoms with Crippen molar-refractivity contribution in [3.63, 3.8) is 0 Å². The minimum Gasteiger partial charge on any atom is -0.273 e. The number of amides is 2. The number of carbonyl (C=O) groups is 2. The number of nitrogens with zero attached hydrogens (tertiary/aromatic N) is 1. The summed E-state index contributed by atoms with van der Waals surface area (Å²) in [5, 5.41) is 0.735. The molecule has 0 unspecified atom stereocenters. The second kappa shape index (κ2) is 7.88. The topological polar surface area (TPSA) is 71.1 Å². The molecule has 0 spiro atoms. The first-order valence-corrected chi connectivity index (χ1v) is 8.71. The Balaban J connectivity index is 1.61. The van der Waals surface area contributed by atoms with Crippen LogP contribution in [0.15, 0.2) is 54.6 Å². The first kappa shape index (κ1) is 17.8. The molecule has 3 rings (SSSR count). The molecule has 2 amide bonds. The standard InChI is InChI=1S/C19H16FN3O2S/c1-12-17(26-19(21-12)14-7-3-2-4-8-14)18(25)23-22-16(24)11-13-6-5-9-15(20)10-13/h2-10H,11H2,1H3,(H,22,24)(H,23,25). The molecule has 0 fully saturated rings. The van der Waals surface area contributed by atoms with Crippen LogP contribution in [0, 0.1) is 12.7 Å². The number of aromatic nitrogens is 1. The van der Waals surface area contributed by atoms with Crippen LogP contribution in [0.2, 0.25) is 0 Å². The summed E-state index contributed by atoms with van der Waals surface area (Å²) in [7, 11) is 0. The Morgan fingerprint density at radius 3 is 2.58 bits per heavy atom. The fraction of sp³-hybridized carbons (Fsp3) is 0.105. The molecule has 2 N–H and O–H groups in total. The molecule has 1 aromatic heterocycles. The molecule has 1 heterocycles. The van der Waals surface area contributed by atoms with Crippen LogP contribution in [0.1, 0.15) is 20.9 Å². The van der Waals surface area contributed by atoms with Crippen molar-refractivity contribution in [2.45, 2.75) is 13.3 Å². The summed E-state index contributed by atoms with van der Waals surface area (Å²) in [6, 6.07) is 15.3. The summed E-state index contributed by atoms with van der Waals surface area (Å²) in [4.78, 5) is 29.1. The van der Waals surface area contributed by atoms with E-state index in [1.165, 1.54) is 29.5 Å². The average molecular weight is 369 g/mol. The molecule has 0 aliphatic rings. The molecule has 3 aromatic rings. The van der Waals surface area contributed by atoms with Crippen molar-refractivity contribution < 1.29 is 14.0 Å². The van der Waals surface area contributed by atoms with Crippen molar-refractivity contribution in [3.05, 3.63) is 76.5 Å². The average Bonchev–Trinajstić information content (AvgIpc) is 3.02. The Hall–Kier alpha value is -3.06. The molecule has 7 heteroatoms. The first-order chi connectivity index (χ1) is 12.5. The number of hydrazine groups is 1. The minimum atomic E-state index is -0.436. The van der Waals surface area contributed by atoms with Gasteiger partial charge in [-0.15, -0.1) is 11.3 Å². The number of hydrogen-bond donors (Lipinski definition) is 2. The van der Waals surface area contributed by atoms with E-state index in [1.54, 1.807) is 13.0 Å². The van der Waals surface area contributed by atoms with Crippen LogP contribution >= 0.6 is 11.3 Å². The number of hydrogen-bond acceptors (Lipinski definition) is 4. The third-order valence-corrected chi connectivity index (χ3v) is 4.80. The summed E-state index contributed by atoms with van der Waals surface area (Å²) >= 11 is 1.25. The quantitative estimate of drug-likeness (QED) is 0.694. The zero-order valence-corrected chi connectivity index (χ0v) is 14.8. The summed E-state index contributed by atoms with van der Waals surface area (Å²) in [5.74, 6) is -1.28. The molecule has 0 atom stereocenters. The second-order valence-corrected chi connectivity index (χ2v) is 6.61. The van der Waals surface area contributed by atoms with Crippen LogP contribution in [-0.2, 0) is 11.2 Å². The Kier molecular flexibility index (Phi) is 5.38. The maximum Gasteiger partial charge on any atom is 0.281 e. The van der Waals surface area contributed by atoms with Crippen LogP contribution in [0.25, 0.3) is 10.6 Å². The molecule has 0 radical (unpaired) electrons. The molecule has 0 saturated carbocycles. The van der Waals surface area contributed by atoms with Crippen LogP contribution in [-0.4, -0.2) is 16.8 Å².